The Morgan fingerprint density at radius 2 is 2.03 bits per heavy atom. The van der Waals surface area contributed by atoms with Crippen LogP contribution in [0.5, 0.6) is 0 Å². The van der Waals surface area contributed by atoms with Crippen molar-refractivity contribution in [3.63, 3.8) is 0 Å². The number of nitrogens with one attached hydrogen (secondary N) is 1. The number of benzene rings is 1. The number of aromatic nitrogens is 3. The van der Waals surface area contributed by atoms with Gasteiger partial charge in [-0.3, -0.25) is 4.79 Å². The maximum atomic E-state index is 13.3. The molecule has 1 aliphatic rings. The maximum Gasteiger partial charge on any atom is 0.257 e. The molecule has 1 N–H and O–H groups in total. The van der Waals surface area contributed by atoms with Gasteiger partial charge in [-0.05, 0) is 37.6 Å². The van der Waals surface area contributed by atoms with Crippen molar-refractivity contribution >= 4 is 32.5 Å². The number of para-hydroxylation sites is 1. The first-order valence-corrected chi connectivity index (χ1v) is 11.7. The van der Waals surface area contributed by atoms with Gasteiger partial charge >= 0.3 is 0 Å². The third-order valence-electron chi connectivity index (χ3n) is 5.39. The molecule has 1 fully saturated rings. The largest absolute Gasteiger partial charge is 0.463 e. The standard InChI is InChI=1S/C22H20N4O4S/c1-14-11-21(26(25-14)15-8-10-31(28,29)13-15)24-22(27)17-12-19(20-7-4-9-30-20)23-18-6-3-2-5-16(17)18/h2-7,9,11-12,15H,8,10,13H2,1H3,(H,24,27). The van der Waals surface area contributed by atoms with E-state index in [1.165, 1.54) is 0 Å². The Kier molecular flexibility index (Phi) is 4.62. The zero-order valence-electron chi connectivity index (χ0n) is 16.8. The van der Waals surface area contributed by atoms with Crippen LogP contribution in [0.25, 0.3) is 22.4 Å². The van der Waals surface area contributed by atoms with Crippen LogP contribution in [0.3, 0.4) is 0 Å². The Bertz CT molecular complexity index is 1390. The minimum absolute atomic E-state index is 0.0256. The second kappa shape index (κ2) is 7.35. The van der Waals surface area contributed by atoms with Crippen molar-refractivity contribution in [1.82, 2.24) is 14.8 Å². The average Bonchev–Trinajstić information content (AvgIpc) is 3.47. The molecule has 0 radical (unpaired) electrons. The summed E-state index contributed by atoms with van der Waals surface area (Å²) >= 11 is 0. The highest BCUT2D eigenvalue weighted by Crippen LogP contribution is 2.29. The number of rotatable bonds is 4. The molecule has 4 heterocycles. The van der Waals surface area contributed by atoms with E-state index in [-0.39, 0.29) is 23.5 Å². The van der Waals surface area contributed by atoms with Gasteiger partial charge in [-0.25, -0.2) is 18.1 Å². The number of nitrogens with zero attached hydrogens (tertiary/aromatic N) is 3. The third kappa shape index (κ3) is 3.72. The van der Waals surface area contributed by atoms with Gasteiger partial charge < -0.3 is 9.73 Å². The molecule has 5 rings (SSSR count). The van der Waals surface area contributed by atoms with Gasteiger partial charge in [0.1, 0.15) is 11.5 Å². The number of amides is 1. The SMILES string of the molecule is Cc1cc(NC(=O)c2cc(-c3ccco3)nc3ccccc23)n(C2CCS(=O)(=O)C2)n1. The normalized spacial score (nSPS) is 17.8. The lowest BCUT2D eigenvalue weighted by atomic mass is 10.1. The lowest BCUT2D eigenvalue weighted by Crippen LogP contribution is -2.20. The summed E-state index contributed by atoms with van der Waals surface area (Å²) in [6.45, 7) is 1.81. The number of furan rings is 1. The Hall–Kier alpha value is -3.46. The molecule has 9 heteroatoms. The molecule has 0 aliphatic carbocycles. The van der Waals surface area contributed by atoms with E-state index in [0.29, 0.717) is 45.9 Å². The van der Waals surface area contributed by atoms with Gasteiger partial charge in [0.25, 0.3) is 5.91 Å². The molecule has 1 atom stereocenters. The number of fused-ring (bicyclic) bond motifs is 1. The van der Waals surface area contributed by atoms with Crippen molar-refractivity contribution in [2.45, 2.75) is 19.4 Å². The van der Waals surface area contributed by atoms with Crippen LogP contribution in [-0.4, -0.2) is 40.6 Å². The number of carbonyl (C=O) groups excluding carboxylic acids is 1. The van der Waals surface area contributed by atoms with Gasteiger partial charge in [0.05, 0.1) is 40.6 Å². The highest BCUT2D eigenvalue weighted by Gasteiger charge is 2.31. The summed E-state index contributed by atoms with van der Waals surface area (Å²) in [6.07, 6.45) is 2.04. The van der Waals surface area contributed by atoms with Crippen molar-refractivity contribution in [3.8, 4) is 11.5 Å². The summed E-state index contributed by atoms with van der Waals surface area (Å²) in [6, 6.07) is 14.1. The molecule has 158 valence electrons. The van der Waals surface area contributed by atoms with Gasteiger partial charge in [0.15, 0.2) is 15.6 Å². The first kappa shape index (κ1) is 19.5. The Morgan fingerprint density at radius 3 is 2.77 bits per heavy atom. The molecule has 1 aliphatic heterocycles. The van der Waals surface area contributed by atoms with Crippen molar-refractivity contribution in [2.75, 3.05) is 16.8 Å². The molecular formula is C22H20N4O4S. The van der Waals surface area contributed by atoms with Crippen LogP contribution >= 0.6 is 0 Å². The molecule has 1 amide bonds. The number of aryl methyl sites for hydroxylation is 1. The van der Waals surface area contributed by atoms with Crippen molar-refractivity contribution in [3.05, 3.63) is 66.1 Å². The van der Waals surface area contributed by atoms with Crippen LogP contribution in [0.4, 0.5) is 5.82 Å². The molecule has 1 unspecified atom stereocenters. The summed E-state index contributed by atoms with van der Waals surface area (Å²) in [5, 5.41) is 8.07. The van der Waals surface area contributed by atoms with Crippen LogP contribution < -0.4 is 5.32 Å². The van der Waals surface area contributed by atoms with Crippen LogP contribution in [0, 0.1) is 6.92 Å². The summed E-state index contributed by atoms with van der Waals surface area (Å²) in [5.41, 5.74) is 2.38. The number of pyridine rings is 1. The minimum atomic E-state index is -3.08. The summed E-state index contributed by atoms with van der Waals surface area (Å²) < 4.78 is 30.9. The molecule has 31 heavy (non-hydrogen) atoms. The van der Waals surface area contributed by atoms with E-state index < -0.39 is 9.84 Å². The Balaban J connectivity index is 1.53. The molecule has 4 aromatic rings. The lowest BCUT2D eigenvalue weighted by molar-refractivity contribution is 0.102. The topological polar surface area (TPSA) is 107 Å². The predicted octanol–water partition coefficient (Wildman–Crippen LogP) is 3.61. The molecule has 1 saturated heterocycles. The fraction of sp³-hybridized carbons (Fsp3) is 0.227. The van der Waals surface area contributed by atoms with Gasteiger partial charge in [-0.1, -0.05) is 18.2 Å². The van der Waals surface area contributed by atoms with E-state index in [1.807, 2.05) is 31.2 Å². The fourth-order valence-electron chi connectivity index (χ4n) is 3.95. The van der Waals surface area contributed by atoms with Crippen molar-refractivity contribution < 1.29 is 17.6 Å². The van der Waals surface area contributed by atoms with Crippen LogP contribution in [0.2, 0.25) is 0 Å². The third-order valence-corrected chi connectivity index (χ3v) is 7.14. The van der Waals surface area contributed by atoms with Crippen molar-refractivity contribution in [2.24, 2.45) is 0 Å². The van der Waals surface area contributed by atoms with Crippen molar-refractivity contribution in [1.29, 1.82) is 0 Å². The number of hydrogen-bond donors (Lipinski definition) is 1. The first-order valence-electron chi connectivity index (χ1n) is 9.91. The molecular weight excluding hydrogens is 416 g/mol. The van der Waals surface area contributed by atoms with E-state index >= 15 is 0 Å². The number of sulfone groups is 1. The minimum Gasteiger partial charge on any atom is -0.463 e. The smallest absolute Gasteiger partial charge is 0.257 e. The Morgan fingerprint density at radius 1 is 1.19 bits per heavy atom. The van der Waals surface area contributed by atoms with Crippen LogP contribution in [-0.2, 0) is 9.84 Å². The highest BCUT2D eigenvalue weighted by molar-refractivity contribution is 7.91. The van der Waals surface area contributed by atoms with Gasteiger partial charge in [0, 0.05) is 11.5 Å². The lowest BCUT2D eigenvalue weighted by Gasteiger charge is -2.14. The zero-order valence-corrected chi connectivity index (χ0v) is 17.6. The number of hydrogen-bond acceptors (Lipinski definition) is 6. The molecule has 3 aromatic heterocycles. The molecule has 0 bridgehead atoms. The van der Waals surface area contributed by atoms with Crippen LogP contribution in [0.15, 0.2) is 59.2 Å². The fourth-order valence-corrected chi connectivity index (χ4v) is 5.65. The monoisotopic (exact) mass is 436 g/mol. The number of anilines is 1. The molecule has 8 nitrogen and oxygen atoms in total. The highest BCUT2D eigenvalue weighted by atomic mass is 32.2. The van der Waals surface area contributed by atoms with E-state index in [4.69, 9.17) is 4.42 Å². The van der Waals surface area contributed by atoms with Gasteiger partial charge in [0.2, 0.25) is 0 Å². The average molecular weight is 436 g/mol. The van der Waals surface area contributed by atoms with E-state index in [2.05, 4.69) is 15.4 Å². The maximum absolute atomic E-state index is 13.3. The quantitative estimate of drug-likeness (QED) is 0.524. The van der Waals surface area contributed by atoms with E-state index in [0.717, 1.165) is 0 Å². The summed E-state index contributed by atoms with van der Waals surface area (Å²) in [5.74, 6) is 0.874. The first-order chi connectivity index (χ1) is 14.9. The van der Waals surface area contributed by atoms with Gasteiger partial charge in [-0.15, -0.1) is 0 Å². The predicted molar refractivity (Wildman–Crippen MR) is 117 cm³/mol. The molecule has 1 aromatic carbocycles. The molecule has 0 spiro atoms. The second-order valence-electron chi connectivity index (χ2n) is 7.68. The van der Waals surface area contributed by atoms with Gasteiger partial charge in [-0.2, -0.15) is 5.10 Å². The number of carbonyl (C=O) groups is 1. The summed E-state index contributed by atoms with van der Waals surface area (Å²) in [7, 11) is -3.08. The molecule has 0 saturated carbocycles. The summed E-state index contributed by atoms with van der Waals surface area (Å²) in [4.78, 5) is 17.9. The van der Waals surface area contributed by atoms with Crippen LogP contribution in [0.1, 0.15) is 28.5 Å². The zero-order chi connectivity index (χ0) is 21.6. The Labute approximate surface area is 178 Å². The van der Waals surface area contributed by atoms with E-state index in [9.17, 15) is 13.2 Å². The second-order valence-corrected chi connectivity index (χ2v) is 9.90. The van der Waals surface area contributed by atoms with E-state index in [1.54, 1.807) is 35.2 Å².